The predicted octanol–water partition coefficient (Wildman–Crippen LogP) is 4.04. The third-order valence-electron chi connectivity index (χ3n) is 2.78. The molecule has 1 atom stereocenters. The van der Waals surface area contributed by atoms with E-state index in [1.54, 1.807) is 0 Å². The van der Waals surface area contributed by atoms with Crippen LogP contribution in [-0.2, 0) is 16.8 Å². The van der Waals surface area contributed by atoms with Gasteiger partial charge >= 0.3 is 0 Å². The van der Waals surface area contributed by atoms with Gasteiger partial charge in [-0.3, -0.25) is 0 Å². The van der Waals surface area contributed by atoms with Gasteiger partial charge in [0.05, 0.1) is 5.75 Å². The standard InChI is InChI=1S/C14H13ClO2S/c1-10-5-4-6-11(9-18(16)17)14(10)12-7-2-3-8-13(12)15/h2-8H,9H2,1H3,(H,16,17). The van der Waals surface area contributed by atoms with Crippen molar-refractivity contribution in [1.82, 2.24) is 0 Å². The Hall–Kier alpha value is -1.16. The van der Waals surface area contributed by atoms with Crippen molar-refractivity contribution < 1.29 is 8.76 Å². The Balaban J connectivity index is 2.62. The van der Waals surface area contributed by atoms with Crippen molar-refractivity contribution in [2.24, 2.45) is 0 Å². The molecule has 94 valence electrons. The molecule has 0 spiro atoms. The minimum atomic E-state index is -1.86. The molecule has 0 fully saturated rings. The van der Waals surface area contributed by atoms with E-state index >= 15 is 0 Å². The second-order valence-corrected chi connectivity index (χ2v) is 5.39. The predicted molar refractivity (Wildman–Crippen MR) is 76.1 cm³/mol. The van der Waals surface area contributed by atoms with E-state index in [9.17, 15) is 4.21 Å². The Kier molecular flexibility index (Phi) is 4.17. The quantitative estimate of drug-likeness (QED) is 0.862. The van der Waals surface area contributed by atoms with Crippen molar-refractivity contribution in [3.8, 4) is 11.1 Å². The molecule has 0 saturated carbocycles. The van der Waals surface area contributed by atoms with Gasteiger partial charge in [-0.15, -0.1) is 0 Å². The van der Waals surface area contributed by atoms with Crippen molar-refractivity contribution in [1.29, 1.82) is 0 Å². The van der Waals surface area contributed by atoms with Gasteiger partial charge in [0.15, 0.2) is 11.1 Å². The summed E-state index contributed by atoms with van der Waals surface area (Å²) in [6.45, 7) is 1.97. The highest BCUT2D eigenvalue weighted by molar-refractivity contribution is 7.78. The third-order valence-corrected chi connectivity index (χ3v) is 3.67. The molecule has 0 heterocycles. The molecule has 0 radical (unpaired) electrons. The Morgan fingerprint density at radius 1 is 1.17 bits per heavy atom. The van der Waals surface area contributed by atoms with E-state index in [4.69, 9.17) is 16.2 Å². The molecule has 2 aromatic rings. The minimum Gasteiger partial charge on any atom is -0.306 e. The number of hydrogen-bond acceptors (Lipinski definition) is 1. The minimum absolute atomic E-state index is 0.113. The van der Waals surface area contributed by atoms with Crippen LogP contribution < -0.4 is 0 Å². The lowest BCUT2D eigenvalue weighted by atomic mass is 9.96. The van der Waals surface area contributed by atoms with Crippen LogP contribution in [0.5, 0.6) is 0 Å². The lowest BCUT2D eigenvalue weighted by Gasteiger charge is -2.13. The van der Waals surface area contributed by atoms with Gasteiger partial charge in [0, 0.05) is 10.6 Å². The van der Waals surface area contributed by atoms with Gasteiger partial charge in [0.25, 0.3) is 0 Å². The highest BCUT2D eigenvalue weighted by Crippen LogP contribution is 2.33. The molecule has 18 heavy (non-hydrogen) atoms. The molecule has 0 saturated heterocycles. The van der Waals surface area contributed by atoms with E-state index in [1.807, 2.05) is 49.4 Å². The van der Waals surface area contributed by atoms with Gasteiger partial charge in [-0.1, -0.05) is 48.0 Å². The fraction of sp³-hybridized carbons (Fsp3) is 0.143. The lowest BCUT2D eigenvalue weighted by Crippen LogP contribution is -1.98. The van der Waals surface area contributed by atoms with Crippen LogP contribution in [-0.4, -0.2) is 8.76 Å². The second-order valence-electron chi connectivity index (χ2n) is 4.05. The van der Waals surface area contributed by atoms with Gasteiger partial charge < -0.3 is 4.55 Å². The van der Waals surface area contributed by atoms with E-state index in [0.717, 1.165) is 22.3 Å². The monoisotopic (exact) mass is 280 g/mol. The maximum absolute atomic E-state index is 11.0. The van der Waals surface area contributed by atoms with Crippen LogP contribution in [0, 0.1) is 6.92 Å². The second kappa shape index (κ2) is 5.65. The van der Waals surface area contributed by atoms with Crippen molar-refractivity contribution in [3.05, 3.63) is 58.6 Å². The molecule has 0 aliphatic heterocycles. The molecule has 0 aliphatic carbocycles. The van der Waals surface area contributed by atoms with Crippen LogP contribution in [0.25, 0.3) is 11.1 Å². The Morgan fingerprint density at radius 2 is 1.89 bits per heavy atom. The molecular weight excluding hydrogens is 268 g/mol. The average molecular weight is 281 g/mol. The topological polar surface area (TPSA) is 37.3 Å². The van der Waals surface area contributed by atoms with Crippen LogP contribution in [0.3, 0.4) is 0 Å². The molecule has 0 aromatic heterocycles. The van der Waals surface area contributed by atoms with Crippen LogP contribution in [0.4, 0.5) is 0 Å². The Bertz CT molecular complexity index is 596. The Morgan fingerprint density at radius 3 is 2.56 bits per heavy atom. The molecule has 0 amide bonds. The highest BCUT2D eigenvalue weighted by Gasteiger charge is 2.12. The zero-order valence-electron chi connectivity index (χ0n) is 9.89. The maximum atomic E-state index is 11.0. The summed E-state index contributed by atoms with van der Waals surface area (Å²) in [5, 5.41) is 0.650. The highest BCUT2D eigenvalue weighted by atomic mass is 35.5. The maximum Gasteiger partial charge on any atom is 0.157 e. The average Bonchev–Trinajstić information content (AvgIpc) is 2.30. The van der Waals surface area contributed by atoms with E-state index in [2.05, 4.69) is 0 Å². The molecule has 2 nitrogen and oxygen atoms in total. The summed E-state index contributed by atoms with van der Waals surface area (Å²) in [4.78, 5) is 0. The van der Waals surface area contributed by atoms with Crippen LogP contribution in [0.1, 0.15) is 11.1 Å². The van der Waals surface area contributed by atoms with Crippen LogP contribution in [0.15, 0.2) is 42.5 Å². The van der Waals surface area contributed by atoms with Gasteiger partial charge in [-0.05, 0) is 29.7 Å². The molecule has 1 unspecified atom stereocenters. The van der Waals surface area contributed by atoms with E-state index in [0.29, 0.717) is 5.02 Å². The van der Waals surface area contributed by atoms with Crippen molar-refractivity contribution in [2.75, 3.05) is 0 Å². The molecule has 2 rings (SSSR count). The third kappa shape index (κ3) is 2.80. The molecule has 1 N–H and O–H groups in total. The fourth-order valence-electron chi connectivity index (χ4n) is 2.03. The summed E-state index contributed by atoms with van der Waals surface area (Å²) >= 11 is 4.34. The fourth-order valence-corrected chi connectivity index (χ4v) is 2.77. The summed E-state index contributed by atoms with van der Waals surface area (Å²) in [5.74, 6) is 0.113. The summed E-state index contributed by atoms with van der Waals surface area (Å²) in [6.07, 6.45) is 0. The van der Waals surface area contributed by atoms with Gasteiger partial charge in [-0.2, -0.15) is 0 Å². The van der Waals surface area contributed by atoms with Crippen molar-refractivity contribution in [3.63, 3.8) is 0 Å². The molecule has 4 heteroatoms. The summed E-state index contributed by atoms with van der Waals surface area (Å²) in [7, 11) is 0. The first-order valence-corrected chi connectivity index (χ1v) is 7.16. The summed E-state index contributed by atoms with van der Waals surface area (Å²) in [6, 6.07) is 13.2. The molecular formula is C14H13ClO2S. The van der Waals surface area contributed by atoms with Crippen LogP contribution >= 0.6 is 11.6 Å². The number of hydrogen-bond donors (Lipinski definition) is 1. The summed E-state index contributed by atoms with van der Waals surface area (Å²) < 4.78 is 20.1. The zero-order valence-corrected chi connectivity index (χ0v) is 11.5. The van der Waals surface area contributed by atoms with Crippen molar-refractivity contribution >= 4 is 22.7 Å². The SMILES string of the molecule is Cc1cccc(CS(=O)O)c1-c1ccccc1Cl. The van der Waals surface area contributed by atoms with E-state index < -0.39 is 11.1 Å². The van der Waals surface area contributed by atoms with Crippen LogP contribution in [0.2, 0.25) is 5.02 Å². The number of aryl methyl sites for hydroxylation is 1. The molecule has 0 bridgehead atoms. The molecule has 0 aliphatic rings. The first-order valence-electron chi connectivity index (χ1n) is 5.50. The van der Waals surface area contributed by atoms with E-state index in [-0.39, 0.29) is 5.75 Å². The van der Waals surface area contributed by atoms with E-state index in [1.165, 1.54) is 0 Å². The van der Waals surface area contributed by atoms with Gasteiger partial charge in [0.2, 0.25) is 0 Å². The molecule has 2 aromatic carbocycles. The smallest absolute Gasteiger partial charge is 0.157 e. The largest absolute Gasteiger partial charge is 0.306 e. The first-order chi connectivity index (χ1) is 8.59. The zero-order chi connectivity index (χ0) is 13.1. The normalized spacial score (nSPS) is 12.4. The number of benzene rings is 2. The summed E-state index contributed by atoms with van der Waals surface area (Å²) in [5.41, 5.74) is 3.73. The lowest BCUT2D eigenvalue weighted by molar-refractivity contribution is 0.563. The number of halogens is 1. The van der Waals surface area contributed by atoms with Gasteiger partial charge in [-0.25, -0.2) is 4.21 Å². The Labute approximate surface area is 114 Å². The first kappa shape index (κ1) is 13.3. The van der Waals surface area contributed by atoms with Gasteiger partial charge in [0.1, 0.15) is 0 Å². The van der Waals surface area contributed by atoms with Crippen molar-refractivity contribution in [2.45, 2.75) is 12.7 Å². The number of rotatable bonds is 3.